The van der Waals surface area contributed by atoms with Gasteiger partial charge in [0.1, 0.15) is 0 Å². The standard InChI is InChI=1S/C26H23N5O2S/c27-22-11-12-23(29-25(22)30-28)19-8-13-24-21(14-19)26(32)31(34-24)20-9-6-18(7-10-20)16-33-15-17-4-2-1-3-5-17/h1-14H,15-16,27-28H2,(H,29,30). The molecular formula is C26H23N5O2S. The number of hydrogen-bond acceptors (Lipinski definition) is 7. The Morgan fingerprint density at radius 1 is 0.912 bits per heavy atom. The number of hydrogen-bond donors (Lipinski definition) is 3. The highest BCUT2D eigenvalue weighted by atomic mass is 32.1. The Labute approximate surface area is 200 Å². The van der Waals surface area contributed by atoms with Crippen LogP contribution in [0, 0.1) is 0 Å². The number of pyridine rings is 1. The van der Waals surface area contributed by atoms with Crippen LogP contribution in [0.25, 0.3) is 27.0 Å². The summed E-state index contributed by atoms with van der Waals surface area (Å²) >= 11 is 1.41. The summed E-state index contributed by atoms with van der Waals surface area (Å²) in [7, 11) is 0. The second-order valence-electron chi connectivity index (χ2n) is 7.83. The number of hydrazine groups is 1. The lowest BCUT2D eigenvalue weighted by atomic mass is 10.1. The van der Waals surface area contributed by atoms with Crippen molar-refractivity contribution in [1.29, 1.82) is 0 Å². The molecule has 0 atom stereocenters. The number of fused-ring (bicyclic) bond motifs is 1. The van der Waals surface area contributed by atoms with Crippen molar-refractivity contribution in [3.05, 3.63) is 106 Å². The van der Waals surface area contributed by atoms with Crippen LogP contribution < -0.4 is 22.6 Å². The summed E-state index contributed by atoms with van der Waals surface area (Å²) in [4.78, 5) is 17.6. The number of nitrogens with one attached hydrogen (secondary N) is 1. The van der Waals surface area contributed by atoms with Gasteiger partial charge in [-0.1, -0.05) is 60.1 Å². The average Bonchev–Trinajstić information content (AvgIpc) is 3.21. The van der Waals surface area contributed by atoms with Crippen LogP contribution >= 0.6 is 11.5 Å². The number of nitrogens with zero attached hydrogens (tertiary/aromatic N) is 2. The lowest BCUT2D eigenvalue weighted by Crippen LogP contribution is -2.11. The van der Waals surface area contributed by atoms with Gasteiger partial charge in [-0.15, -0.1) is 0 Å². The van der Waals surface area contributed by atoms with Gasteiger partial charge in [-0.05, 0) is 47.5 Å². The minimum atomic E-state index is -0.0671. The maximum Gasteiger partial charge on any atom is 0.273 e. The van der Waals surface area contributed by atoms with E-state index in [0.717, 1.165) is 27.1 Å². The van der Waals surface area contributed by atoms with Crippen molar-refractivity contribution in [3.63, 3.8) is 0 Å². The van der Waals surface area contributed by atoms with E-state index < -0.39 is 0 Å². The first-order valence-electron chi connectivity index (χ1n) is 10.7. The highest BCUT2D eigenvalue weighted by Crippen LogP contribution is 2.28. The molecule has 3 aromatic carbocycles. The topological polar surface area (TPSA) is 108 Å². The van der Waals surface area contributed by atoms with E-state index in [1.54, 1.807) is 16.1 Å². The zero-order valence-electron chi connectivity index (χ0n) is 18.3. The lowest BCUT2D eigenvalue weighted by molar-refractivity contribution is 0.107. The normalized spacial score (nSPS) is 11.1. The molecule has 5 aromatic rings. The van der Waals surface area contributed by atoms with Crippen LogP contribution in [0.4, 0.5) is 11.5 Å². The summed E-state index contributed by atoms with van der Waals surface area (Å²) < 4.78 is 8.41. The Morgan fingerprint density at radius 3 is 2.38 bits per heavy atom. The Morgan fingerprint density at radius 2 is 1.65 bits per heavy atom. The molecule has 0 spiro atoms. The van der Waals surface area contributed by atoms with Crippen molar-refractivity contribution < 1.29 is 4.74 Å². The molecule has 2 aromatic heterocycles. The van der Waals surface area contributed by atoms with E-state index in [9.17, 15) is 4.79 Å². The van der Waals surface area contributed by atoms with E-state index >= 15 is 0 Å². The molecule has 0 saturated heterocycles. The number of rotatable bonds is 7. The Balaban J connectivity index is 1.36. The van der Waals surface area contributed by atoms with Gasteiger partial charge in [0.25, 0.3) is 5.56 Å². The van der Waals surface area contributed by atoms with Crippen molar-refractivity contribution in [1.82, 2.24) is 8.94 Å². The Kier molecular flexibility index (Phi) is 6.09. The number of benzene rings is 3. The van der Waals surface area contributed by atoms with E-state index in [-0.39, 0.29) is 5.56 Å². The molecule has 7 nitrogen and oxygen atoms in total. The van der Waals surface area contributed by atoms with E-state index in [1.807, 2.05) is 72.8 Å². The smallest absolute Gasteiger partial charge is 0.273 e. The van der Waals surface area contributed by atoms with Crippen molar-refractivity contribution in [2.24, 2.45) is 5.84 Å². The predicted octanol–water partition coefficient (Wildman–Crippen LogP) is 4.70. The van der Waals surface area contributed by atoms with Gasteiger partial charge in [0.05, 0.1) is 40.4 Å². The molecule has 0 aliphatic carbocycles. The summed E-state index contributed by atoms with van der Waals surface area (Å²) in [6.45, 7) is 1.07. The highest BCUT2D eigenvalue weighted by molar-refractivity contribution is 7.14. The first-order valence-corrected chi connectivity index (χ1v) is 11.5. The number of nitrogens with two attached hydrogens (primary N) is 2. The van der Waals surface area contributed by atoms with Gasteiger partial charge in [0.2, 0.25) is 0 Å². The van der Waals surface area contributed by atoms with E-state index in [2.05, 4.69) is 10.4 Å². The van der Waals surface area contributed by atoms with Crippen LogP contribution in [0.15, 0.2) is 89.7 Å². The van der Waals surface area contributed by atoms with Crippen molar-refractivity contribution >= 4 is 33.1 Å². The summed E-state index contributed by atoms with van der Waals surface area (Å²) in [6.07, 6.45) is 0. The molecule has 0 aliphatic rings. The van der Waals surface area contributed by atoms with Gasteiger partial charge in [-0.25, -0.2) is 14.8 Å². The zero-order chi connectivity index (χ0) is 23.5. The largest absolute Gasteiger partial charge is 0.396 e. The third-order valence-electron chi connectivity index (χ3n) is 5.49. The van der Waals surface area contributed by atoms with Gasteiger partial charge in [0, 0.05) is 5.56 Å². The molecule has 0 radical (unpaired) electrons. The van der Waals surface area contributed by atoms with Gasteiger partial charge < -0.3 is 15.9 Å². The van der Waals surface area contributed by atoms with Crippen LogP contribution in [-0.2, 0) is 18.0 Å². The van der Waals surface area contributed by atoms with E-state index in [0.29, 0.717) is 35.8 Å². The number of anilines is 2. The maximum absolute atomic E-state index is 13.2. The Hall–Kier alpha value is -3.98. The number of ether oxygens (including phenoxy) is 1. The summed E-state index contributed by atoms with van der Waals surface area (Å²) in [5, 5.41) is 0.638. The number of nitrogen functional groups attached to an aromatic ring is 2. The first kappa shape index (κ1) is 21.8. The van der Waals surface area contributed by atoms with Crippen molar-refractivity contribution in [3.8, 4) is 16.9 Å². The molecule has 5 rings (SSSR count). The maximum atomic E-state index is 13.2. The lowest BCUT2D eigenvalue weighted by Gasteiger charge is -2.06. The van der Waals surface area contributed by atoms with Gasteiger partial charge in [-0.3, -0.25) is 4.79 Å². The number of aromatic nitrogens is 2. The second-order valence-corrected chi connectivity index (χ2v) is 8.81. The van der Waals surface area contributed by atoms with Gasteiger partial charge >= 0.3 is 0 Å². The predicted molar refractivity (Wildman–Crippen MR) is 138 cm³/mol. The molecular weight excluding hydrogens is 446 g/mol. The fraction of sp³-hybridized carbons (Fsp3) is 0.0769. The summed E-state index contributed by atoms with van der Waals surface area (Å²) in [5.74, 6) is 5.89. The zero-order valence-corrected chi connectivity index (χ0v) is 19.1. The summed E-state index contributed by atoms with van der Waals surface area (Å²) in [6, 6.07) is 27.2. The summed E-state index contributed by atoms with van der Waals surface area (Å²) in [5.41, 5.74) is 13.3. The molecule has 2 heterocycles. The van der Waals surface area contributed by atoms with Gasteiger partial charge in [-0.2, -0.15) is 0 Å². The van der Waals surface area contributed by atoms with E-state index in [4.69, 9.17) is 16.3 Å². The van der Waals surface area contributed by atoms with Crippen LogP contribution in [0.2, 0.25) is 0 Å². The highest BCUT2D eigenvalue weighted by Gasteiger charge is 2.12. The SMILES string of the molecule is NNc1nc(-c2ccc3sn(-c4ccc(COCc5ccccc5)cc4)c(=O)c3c2)ccc1N. The quantitative estimate of drug-likeness (QED) is 0.236. The van der Waals surface area contributed by atoms with Crippen LogP contribution in [0.1, 0.15) is 11.1 Å². The fourth-order valence-corrected chi connectivity index (χ4v) is 4.67. The fourth-order valence-electron chi connectivity index (χ4n) is 3.69. The third kappa shape index (κ3) is 4.42. The molecule has 0 fully saturated rings. The molecule has 0 bridgehead atoms. The molecule has 0 unspecified atom stereocenters. The minimum Gasteiger partial charge on any atom is -0.396 e. The van der Waals surface area contributed by atoms with Crippen molar-refractivity contribution in [2.75, 3.05) is 11.2 Å². The first-order chi connectivity index (χ1) is 16.6. The van der Waals surface area contributed by atoms with Gasteiger partial charge in [0.15, 0.2) is 5.82 Å². The molecule has 34 heavy (non-hydrogen) atoms. The Bertz CT molecular complexity index is 1490. The molecule has 5 N–H and O–H groups in total. The van der Waals surface area contributed by atoms with E-state index in [1.165, 1.54) is 11.5 Å². The third-order valence-corrected chi connectivity index (χ3v) is 6.61. The molecule has 8 heteroatoms. The molecule has 0 amide bonds. The second kappa shape index (κ2) is 9.48. The molecule has 0 aliphatic heterocycles. The van der Waals surface area contributed by atoms with Crippen LogP contribution in [0.5, 0.6) is 0 Å². The van der Waals surface area contributed by atoms with Crippen LogP contribution in [-0.4, -0.2) is 8.94 Å². The molecule has 170 valence electrons. The van der Waals surface area contributed by atoms with Crippen molar-refractivity contribution in [2.45, 2.75) is 13.2 Å². The average molecular weight is 470 g/mol. The monoisotopic (exact) mass is 469 g/mol. The van der Waals surface area contributed by atoms with Crippen LogP contribution in [0.3, 0.4) is 0 Å². The minimum absolute atomic E-state index is 0.0671. The molecule has 0 saturated carbocycles.